The molecule has 0 aliphatic rings. The number of fused-ring (bicyclic) bond motifs is 1. The van der Waals surface area contributed by atoms with E-state index in [2.05, 4.69) is 6.58 Å². The minimum atomic E-state index is -4.62. The molecular weight excluding hydrogens is 551 g/mol. The molecule has 1 heterocycles. The lowest BCUT2D eigenvalue weighted by molar-refractivity contribution is -0.153. The molecule has 1 aromatic heterocycles. The summed E-state index contributed by atoms with van der Waals surface area (Å²) in [5.41, 5.74) is 4.98. The van der Waals surface area contributed by atoms with Crippen molar-refractivity contribution in [2.45, 2.75) is 45.5 Å². The third-order valence-corrected chi connectivity index (χ3v) is 7.69. The Hall–Kier alpha value is -4.78. The fraction of sp³-hybridized carbons (Fsp3) is 0.194. The minimum Gasteiger partial charge on any atom is -0.512 e. The maximum atomic E-state index is 14.1. The molecule has 5 aromatic rings. The summed E-state index contributed by atoms with van der Waals surface area (Å²) in [6.07, 6.45) is -3.90. The maximum Gasteiger partial charge on any atom is 0.449 e. The number of alkyl halides is 3. The van der Waals surface area contributed by atoms with Gasteiger partial charge in [0, 0.05) is 12.5 Å². The van der Waals surface area contributed by atoms with Gasteiger partial charge < -0.3 is 14.4 Å². The van der Waals surface area contributed by atoms with Gasteiger partial charge in [0.2, 0.25) is 5.76 Å². The zero-order valence-corrected chi connectivity index (χ0v) is 24.0. The van der Waals surface area contributed by atoms with E-state index in [0.29, 0.717) is 5.56 Å². The molecule has 5 rings (SSSR count). The molecule has 220 valence electrons. The zero-order valence-electron chi connectivity index (χ0n) is 24.0. The third-order valence-electron chi connectivity index (χ3n) is 7.69. The molecule has 0 saturated heterocycles. The molecule has 0 saturated carbocycles. The number of amides is 1. The van der Waals surface area contributed by atoms with Gasteiger partial charge in [-0.3, -0.25) is 4.79 Å². The summed E-state index contributed by atoms with van der Waals surface area (Å²) in [6.45, 7) is 7.58. The van der Waals surface area contributed by atoms with Gasteiger partial charge in [-0.15, -0.1) is 0 Å². The number of furan rings is 1. The van der Waals surface area contributed by atoms with Crippen molar-refractivity contribution in [2.24, 2.45) is 0 Å². The molecule has 4 aromatic carbocycles. The van der Waals surface area contributed by atoms with E-state index in [1.54, 1.807) is 0 Å². The van der Waals surface area contributed by atoms with Crippen molar-refractivity contribution in [1.82, 2.24) is 4.90 Å². The van der Waals surface area contributed by atoms with Gasteiger partial charge in [-0.2, -0.15) is 13.2 Å². The lowest BCUT2D eigenvalue weighted by Gasteiger charge is -2.24. The van der Waals surface area contributed by atoms with Crippen LogP contribution < -0.4 is 0 Å². The minimum absolute atomic E-state index is 0.0444. The molecule has 0 fully saturated rings. The number of hydrogen-bond donors (Lipinski definition) is 1. The molecular formula is C36H32F3NO3. The summed E-state index contributed by atoms with van der Waals surface area (Å²) in [7, 11) is 0. The number of carbonyl (C=O) groups excluding carboxylic acids is 1. The van der Waals surface area contributed by atoms with Crippen molar-refractivity contribution >= 4 is 16.7 Å². The summed E-state index contributed by atoms with van der Waals surface area (Å²) in [5.74, 6) is -1.39. The van der Waals surface area contributed by atoms with E-state index in [4.69, 9.17) is 4.42 Å². The van der Waals surface area contributed by atoms with Crippen LogP contribution in [0.4, 0.5) is 13.2 Å². The number of aryl methyl sites for hydroxylation is 1. The second kappa shape index (κ2) is 12.2. The van der Waals surface area contributed by atoms with Crippen molar-refractivity contribution in [3.8, 4) is 11.1 Å². The van der Waals surface area contributed by atoms with Crippen LogP contribution in [0.2, 0.25) is 0 Å². The second-order valence-electron chi connectivity index (χ2n) is 10.7. The first-order valence-corrected chi connectivity index (χ1v) is 14.1. The first-order valence-electron chi connectivity index (χ1n) is 14.1. The van der Waals surface area contributed by atoms with Crippen molar-refractivity contribution < 1.29 is 27.5 Å². The van der Waals surface area contributed by atoms with Crippen LogP contribution in [0.3, 0.4) is 0 Å². The molecule has 0 aliphatic carbocycles. The van der Waals surface area contributed by atoms with E-state index in [9.17, 15) is 23.1 Å². The fourth-order valence-electron chi connectivity index (χ4n) is 5.45. The largest absolute Gasteiger partial charge is 0.512 e. The van der Waals surface area contributed by atoms with Crippen LogP contribution in [0.25, 0.3) is 21.9 Å². The van der Waals surface area contributed by atoms with E-state index in [-0.39, 0.29) is 36.4 Å². The van der Waals surface area contributed by atoms with Gasteiger partial charge in [0.25, 0.3) is 5.91 Å². The number of allylic oxidation sites excluding steroid dienone is 1. The number of carbonyl (C=O) groups is 1. The molecule has 0 spiro atoms. The van der Waals surface area contributed by atoms with Crippen molar-refractivity contribution in [1.29, 1.82) is 0 Å². The van der Waals surface area contributed by atoms with Crippen LogP contribution in [-0.4, -0.2) is 15.9 Å². The number of rotatable bonds is 9. The van der Waals surface area contributed by atoms with E-state index in [0.717, 1.165) is 51.1 Å². The SMILES string of the molecule is C=C(O)C(CC)c1cccc(-c2ccc(CN(Cc3ccc(C(F)(F)F)o3)C(=O)c3c(C)ccc4ccccc34)cc2)c1. The number of aliphatic hydroxyl groups excluding tert-OH is 1. The predicted molar refractivity (Wildman–Crippen MR) is 163 cm³/mol. The van der Waals surface area contributed by atoms with Crippen LogP contribution in [0, 0.1) is 6.92 Å². The Morgan fingerprint density at radius 1 is 0.907 bits per heavy atom. The Kier molecular flexibility index (Phi) is 8.44. The first-order chi connectivity index (χ1) is 20.5. The summed E-state index contributed by atoms with van der Waals surface area (Å²) in [4.78, 5) is 15.6. The zero-order chi connectivity index (χ0) is 30.7. The van der Waals surface area contributed by atoms with Gasteiger partial charge in [-0.1, -0.05) is 98.4 Å². The van der Waals surface area contributed by atoms with E-state index in [1.165, 1.54) is 11.0 Å². The van der Waals surface area contributed by atoms with Gasteiger partial charge >= 0.3 is 6.18 Å². The van der Waals surface area contributed by atoms with Gasteiger partial charge in [0.15, 0.2) is 0 Å². The topological polar surface area (TPSA) is 53.7 Å². The lowest BCUT2D eigenvalue weighted by Crippen LogP contribution is -2.30. The highest BCUT2D eigenvalue weighted by atomic mass is 19.4. The van der Waals surface area contributed by atoms with E-state index in [1.807, 2.05) is 98.8 Å². The molecule has 0 aliphatic heterocycles. The normalized spacial score (nSPS) is 12.3. The summed E-state index contributed by atoms with van der Waals surface area (Å²) in [5, 5.41) is 11.7. The van der Waals surface area contributed by atoms with E-state index < -0.39 is 11.9 Å². The maximum absolute atomic E-state index is 14.1. The van der Waals surface area contributed by atoms with Crippen LogP contribution in [-0.2, 0) is 19.3 Å². The lowest BCUT2D eigenvalue weighted by atomic mass is 9.92. The number of aliphatic hydroxyl groups is 1. The molecule has 1 N–H and O–H groups in total. The molecule has 0 bridgehead atoms. The quantitative estimate of drug-likeness (QED) is 0.176. The predicted octanol–water partition coefficient (Wildman–Crippen LogP) is 9.83. The Labute approximate surface area is 248 Å². The standard InChI is InChI=1S/C36H32F3NO3/c1-4-31(24(3)41)29-10-7-9-28(20-29)26-16-13-25(14-17-26)21-40(22-30-18-19-33(43-30)36(37,38)39)35(42)34-23(2)12-15-27-8-5-6-11-32(27)34/h5-20,31,41H,3-4,21-22H2,1-2H3. The number of halogens is 3. The van der Waals surface area contributed by atoms with Crippen LogP contribution in [0.5, 0.6) is 0 Å². The Morgan fingerprint density at radius 3 is 2.33 bits per heavy atom. The molecule has 1 atom stereocenters. The first kappa shape index (κ1) is 29.7. The average Bonchev–Trinajstić information content (AvgIpc) is 3.47. The fourth-order valence-corrected chi connectivity index (χ4v) is 5.45. The van der Waals surface area contributed by atoms with Gasteiger partial charge in [-0.05, 0) is 64.1 Å². The number of nitrogens with zero attached hydrogens (tertiary/aromatic N) is 1. The summed E-state index contributed by atoms with van der Waals surface area (Å²) < 4.78 is 44.9. The second-order valence-corrected chi connectivity index (χ2v) is 10.7. The molecule has 1 amide bonds. The van der Waals surface area contributed by atoms with E-state index >= 15 is 0 Å². The Bertz CT molecular complexity index is 1770. The van der Waals surface area contributed by atoms with Crippen LogP contribution >= 0.6 is 0 Å². The summed E-state index contributed by atoms with van der Waals surface area (Å²) in [6, 6.07) is 29.1. The van der Waals surface area contributed by atoms with Gasteiger partial charge in [-0.25, -0.2) is 0 Å². The molecule has 0 radical (unpaired) electrons. The Balaban J connectivity index is 1.47. The average molecular weight is 584 g/mol. The molecule has 1 unspecified atom stereocenters. The highest BCUT2D eigenvalue weighted by Gasteiger charge is 2.35. The van der Waals surface area contributed by atoms with Gasteiger partial charge in [0.05, 0.1) is 17.9 Å². The van der Waals surface area contributed by atoms with Crippen LogP contribution in [0.15, 0.2) is 114 Å². The van der Waals surface area contributed by atoms with Crippen molar-refractivity contribution in [2.75, 3.05) is 0 Å². The molecule has 7 heteroatoms. The number of hydrogen-bond acceptors (Lipinski definition) is 3. The smallest absolute Gasteiger partial charge is 0.449 e. The highest BCUT2D eigenvalue weighted by molar-refractivity contribution is 6.08. The van der Waals surface area contributed by atoms with Gasteiger partial charge in [0.1, 0.15) is 5.76 Å². The van der Waals surface area contributed by atoms with Crippen molar-refractivity contribution in [3.05, 3.63) is 143 Å². The van der Waals surface area contributed by atoms with Crippen molar-refractivity contribution in [3.63, 3.8) is 0 Å². The number of benzene rings is 4. The Morgan fingerprint density at radius 2 is 1.65 bits per heavy atom. The highest BCUT2D eigenvalue weighted by Crippen LogP contribution is 2.33. The molecule has 4 nitrogen and oxygen atoms in total. The monoisotopic (exact) mass is 583 g/mol. The third kappa shape index (κ3) is 6.51. The van der Waals surface area contributed by atoms with Crippen LogP contribution in [0.1, 0.15) is 57.8 Å². The molecule has 43 heavy (non-hydrogen) atoms. The summed E-state index contributed by atoms with van der Waals surface area (Å²) >= 11 is 0.